The van der Waals surface area contributed by atoms with Crippen molar-refractivity contribution in [2.24, 2.45) is 0 Å². The Hall–Kier alpha value is -1.12. The van der Waals surface area contributed by atoms with Crippen molar-refractivity contribution in [2.75, 3.05) is 18.0 Å². The average molecular weight is 211 g/mol. The molecule has 3 heteroatoms. The van der Waals surface area contributed by atoms with Gasteiger partial charge in [-0.05, 0) is 25.0 Å². The van der Waals surface area contributed by atoms with Crippen molar-refractivity contribution in [3.05, 3.63) is 29.8 Å². The summed E-state index contributed by atoms with van der Waals surface area (Å²) in [7, 11) is 0. The number of benzene rings is 1. The maximum absolute atomic E-state index is 13.5. The van der Waals surface area contributed by atoms with Crippen LogP contribution in [0.25, 0.3) is 0 Å². The van der Waals surface area contributed by atoms with E-state index < -0.39 is 11.6 Å². The molecule has 0 aromatic heterocycles. The third kappa shape index (κ3) is 2.28. The van der Waals surface area contributed by atoms with Crippen molar-refractivity contribution in [3.8, 4) is 0 Å². The topological polar surface area (TPSA) is 3.24 Å². The van der Waals surface area contributed by atoms with Gasteiger partial charge >= 0.3 is 0 Å². The molecule has 15 heavy (non-hydrogen) atoms. The van der Waals surface area contributed by atoms with Crippen molar-refractivity contribution < 1.29 is 8.78 Å². The standard InChI is InChI=1S/C12H15F2N/c13-10-6-5-7-11(14)12(10)15-8-3-1-2-4-9-15/h5-7H,1-4,8-9H2. The Labute approximate surface area is 88.7 Å². The molecule has 1 nitrogen and oxygen atoms in total. The molecule has 1 aliphatic rings. The van der Waals surface area contributed by atoms with Crippen LogP contribution in [-0.2, 0) is 0 Å². The molecule has 1 saturated heterocycles. The maximum atomic E-state index is 13.5. The fourth-order valence-corrected chi connectivity index (χ4v) is 2.09. The van der Waals surface area contributed by atoms with Gasteiger partial charge in [0.2, 0.25) is 0 Å². The molecular formula is C12H15F2N. The average Bonchev–Trinajstić information content (AvgIpc) is 2.46. The summed E-state index contributed by atoms with van der Waals surface area (Å²) < 4.78 is 27.0. The van der Waals surface area contributed by atoms with E-state index in [1.807, 2.05) is 4.90 Å². The number of hydrogen-bond donors (Lipinski definition) is 0. The SMILES string of the molecule is Fc1cccc(F)c1N1CCCCCC1. The van der Waals surface area contributed by atoms with Crippen LogP contribution in [0.15, 0.2) is 18.2 Å². The van der Waals surface area contributed by atoms with Gasteiger partial charge in [-0.25, -0.2) is 8.78 Å². The molecule has 1 aliphatic heterocycles. The van der Waals surface area contributed by atoms with Crippen molar-refractivity contribution in [3.63, 3.8) is 0 Å². The van der Waals surface area contributed by atoms with E-state index in [1.54, 1.807) is 0 Å². The predicted octanol–water partition coefficient (Wildman–Crippen LogP) is 3.35. The van der Waals surface area contributed by atoms with E-state index in [0.717, 1.165) is 38.8 Å². The van der Waals surface area contributed by atoms with Crippen LogP contribution in [-0.4, -0.2) is 13.1 Å². The highest BCUT2D eigenvalue weighted by Gasteiger charge is 2.17. The van der Waals surface area contributed by atoms with Crippen LogP contribution in [0.4, 0.5) is 14.5 Å². The molecule has 0 saturated carbocycles. The lowest BCUT2D eigenvalue weighted by atomic mass is 10.2. The number of anilines is 1. The first-order valence-corrected chi connectivity index (χ1v) is 5.48. The van der Waals surface area contributed by atoms with E-state index in [0.29, 0.717) is 0 Å². The minimum Gasteiger partial charge on any atom is -0.367 e. The van der Waals surface area contributed by atoms with Gasteiger partial charge in [0.25, 0.3) is 0 Å². The van der Waals surface area contributed by atoms with Crippen LogP contribution in [0.1, 0.15) is 25.7 Å². The highest BCUT2D eigenvalue weighted by atomic mass is 19.1. The fourth-order valence-electron chi connectivity index (χ4n) is 2.09. The molecule has 1 aromatic carbocycles. The molecule has 1 aromatic rings. The molecule has 82 valence electrons. The smallest absolute Gasteiger partial charge is 0.149 e. The first-order valence-electron chi connectivity index (χ1n) is 5.48. The monoisotopic (exact) mass is 211 g/mol. The lowest BCUT2D eigenvalue weighted by Crippen LogP contribution is -2.25. The Morgan fingerprint density at radius 3 is 1.93 bits per heavy atom. The minimum atomic E-state index is -0.447. The predicted molar refractivity (Wildman–Crippen MR) is 57.0 cm³/mol. The molecule has 1 fully saturated rings. The van der Waals surface area contributed by atoms with Crippen LogP contribution in [0.2, 0.25) is 0 Å². The molecule has 0 spiro atoms. The van der Waals surface area contributed by atoms with Crippen molar-refractivity contribution in [1.29, 1.82) is 0 Å². The van der Waals surface area contributed by atoms with Crippen LogP contribution >= 0.6 is 0 Å². The summed E-state index contributed by atoms with van der Waals surface area (Å²) in [5.41, 5.74) is 0.152. The Morgan fingerprint density at radius 2 is 1.40 bits per heavy atom. The highest BCUT2D eigenvalue weighted by molar-refractivity contribution is 5.49. The second-order valence-corrected chi connectivity index (χ2v) is 3.97. The van der Waals surface area contributed by atoms with Gasteiger partial charge in [-0.2, -0.15) is 0 Å². The largest absolute Gasteiger partial charge is 0.367 e. The van der Waals surface area contributed by atoms with Gasteiger partial charge in [0, 0.05) is 13.1 Å². The van der Waals surface area contributed by atoms with Crippen LogP contribution in [0.3, 0.4) is 0 Å². The second-order valence-electron chi connectivity index (χ2n) is 3.97. The molecule has 0 atom stereocenters. The highest BCUT2D eigenvalue weighted by Crippen LogP contribution is 2.25. The summed E-state index contributed by atoms with van der Waals surface area (Å²) in [4.78, 5) is 1.83. The summed E-state index contributed by atoms with van der Waals surface area (Å²) >= 11 is 0. The van der Waals surface area contributed by atoms with Gasteiger partial charge in [-0.1, -0.05) is 18.9 Å². The molecule has 0 bridgehead atoms. The van der Waals surface area contributed by atoms with Crippen LogP contribution < -0.4 is 4.90 Å². The van der Waals surface area contributed by atoms with Gasteiger partial charge in [0.05, 0.1) is 0 Å². The first kappa shape index (κ1) is 10.4. The normalized spacial score (nSPS) is 17.6. The van der Waals surface area contributed by atoms with Gasteiger partial charge in [-0.3, -0.25) is 0 Å². The van der Waals surface area contributed by atoms with Crippen molar-refractivity contribution in [2.45, 2.75) is 25.7 Å². The Bertz CT molecular complexity index is 310. The van der Waals surface area contributed by atoms with Gasteiger partial charge in [0.15, 0.2) is 0 Å². The zero-order valence-corrected chi connectivity index (χ0v) is 8.68. The van der Waals surface area contributed by atoms with E-state index in [4.69, 9.17) is 0 Å². The van der Waals surface area contributed by atoms with Crippen molar-refractivity contribution >= 4 is 5.69 Å². The molecule has 0 N–H and O–H groups in total. The summed E-state index contributed by atoms with van der Waals surface area (Å²) in [6.45, 7) is 1.52. The molecule has 0 amide bonds. The first-order chi connectivity index (χ1) is 7.29. The fraction of sp³-hybridized carbons (Fsp3) is 0.500. The second kappa shape index (κ2) is 4.60. The van der Waals surface area contributed by atoms with Crippen molar-refractivity contribution in [1.82, 2.24) is 0 Å². The van der Waals surface area contributed by atoms with E-state index in [-0.39, 0.29) is 5.69 Å². The van der Waals surface area contributed by atoms with E-state index in [1.165, 1.54) is 18.2 Å². The number of rotatable bonds is 1. The third-order valence-electron chi connectivity index (χ3n) is 2.86. The molecule has 0 radical (unpaired) electrons. The minimum absolute atomic E-state index is 0.152. The van der Waals surface area contributed by atoms with E-state index >= 15 is 0 Å². The lowest BCUT2D eigenvalue weighted by Gasteiger charge is -2.23. The van der Waals surface area contributed by atoms with E-state index in [2.05, 4.69) is 0 Å². The quantitative estimate of drug-likeness (QED) is 0.688. The van der Waals surface area contributed by atoms with Crippen LogP contribution in [0.5, 0.6) is 0 Å². The number of halogens is 2. The Morgan fingerprint density at radius 1 is 0.867 bits per heavy atom. The lowest BCUT2D eigenvalue weighted by molar-refractivity contribution is 0.570. The number of para-hydroxylation sites is 1. The Kier molecular flexibility index (Phi) is 3.19. The summed E-state index contributed by atoms with van der Waals surface area (Å²) in [6.07, 6.45) is 4.36. The summed E-state index contributed by atoms with van der Waals surface area (Å²) in [5, 5.41) is 0. The van der Waals surface area contributed by atoms with Gasteiger partial charge in [-0.15, -0.1) is 0 Å². The van der Waals surface area contributed by atoms with E-state index in [9.17, 15) is 8.78 Å². The summed E-state index contributed by atoms with van der Waals surface area (Å²) in [5.74, 6) is -0.895. The molecular weight excluding hydrogens is 196 g/mol. The Balaban J connectivity index is 2.26. The summed E-state index contributed by atoms with van der Waals surface area (Å²) in [6, 6.07) is 4.05. The molecule has 0 aliphatic carbocycles. The number of hydrogen-bond acceptors (Lipinski definition) is 1. The zero-order valence-electron chi connectivity index (χ0n) is 8.68. The zero-order chi connectivity index (χ0) is 10.7. The maximum Gasteiger partial charge on any atom is 0.149 e. The third-order valence-corrected chi connectivity index (χ3v) is 2.86. The molecule has 1 heterocycles. The molecule has 2 rings (SSSR count). The van der Waals surface area contributed by atoms with Crippen LogP contribution in [0, 0.1) is 11.6 Å². The molecule has 0 unspecified atom stereocenters. The van der Waals surface area contributed by atoms with Gasteiger partial charge < -0.3 is 4.90 Å². The van der Waals surface area contributed by atoms with Gasteiger partial charge in [0.1, 0.15) is 17.3 Å². The number of nitrogens with zero attached hydrogens (tertiary/aromatic N) is 1.